The van der Waals surface area contributed by atoms with E-state index in [4.69, 9.17) is 14.2 Å². The van der Waals surface area contributed by atoms with Crippen LogP contribution in [0.4, 0.5) is 0 Å². The SMILES string of the molecule is COc1ccc(CC(=O)Oc2ccc(C)cc2)cc1S(=O)(=O)N1CCOCC1. The monoisotopic (exact) mass is 405 g/mol. The summed E-state index contributed by atoms with van der Waals surface area (Å²) >= 11 is 0. The van der Waals surface area contributed by atoms with E-state index in [0.29, 0.717) is 24.5 Å². The zero-order valence-electron chi connectivity index (χ0n) is 15.9. The molecule has 1 fully saturated rings. The summed E-state index contributed by atoms with van der Waals surface area (Å²) in [5, 5.41) is 0. The molecule has 0 spiro atoms. The lowest BCUT2D eigenvalue weighted by Gasteiger charge is -2.26. The van der Waals surface area contributed by atoms with Crippen LogP contribution in [0, 0.1) is 6.92 Å². The summed E-state index contributed by atoms with van der Waals surface area (Å²) < 4.78 is 43.2. The predicted molar refractivity (Wildman–Crippen MR) is 103 cm³/mol. The lowest BCUT2D eigenvalue weighted by atomic mass is 10.1. The van der Waals surface area contributed by atoms with Gasteiger partial charge in [0, 0.05) is 13.1 Å². The van der Waals surface area contributed by atoms with E-state index in [9.17, 15) is 13.2 Å². The number of esters is 1. The first kappa shape index (κ1) is 20.3. The Balaban J connectivity index is 1.80. The molecule has 2 aromatic carbocycles. The van der Waals surface area contributed by atoms with Gasteiger partial charge in [-0.1, -0.05) is 23.8 Å². The van der Waals surface area contributed by atoms with Crippen molar-refractivity contribution in [2.75, 3.05) is 33.4 Å². The average molecular weight is 405 g/mol. The molecule has 28 heavy (non-hydrogen) atoms. The number of aryl methyl sites for hydroxylation is 1. The number of hydrogen-bond donors (Lipinski definition) is 0. The van der Waals surface area contributed by atoms with Gasteiger partial charge >= 0.3 is 5.97 Å². The first-order valence-corrected chi connectivity index (χ1v) is 10.4. The van der Waals surface area contributed by atoms with Gasteiger partial charge in [-0.25, -0.2) is 8.42 Å². The molecule has 2 aromatic rings. The summed E-state index contributed by atoms with van der Waals surface area (Å²) in [7, 11) is -2.33. The molecule has 0 aromatic heterocycles. The van der Waals surface area contributed by atoms with Crippen molar-refractivity contribution in [2.24, 2.45) is 0 Å². The smallest absolute Gasteiger partial charge is 0.315 e. The Kier molecular flexibility index (Phi) is 6.33. The second-order valence-electron chi connectivity index (χ2n) is 6.47. The van der Waals surface area contributed by atoms with Gasteiger partial charge in [-0.3, -0.25) is 4.79 Å². The number of carbonyl (C=O) groups is 1. The second-order valence-corrected chi connectivity index (χ2v) is 8.37. The maximum Gasteiger partial charge on any atom is 0.315 e. The van der Waals surface area contributed by atoms with Crippen LogP contribution in [-0.4, -0.2) is 52.1 Å². The summed E-state index contributed by atoms with van der Waals surface area (Å²) in [6.07, 6.45) is -0.0521. The van der Waals surface area contributed by atoms with E-state index in [-0.39, 0.29) is 30.2 Å². The molecule has 0 saturated carbocycles. The zero-order chi connectivity index (χ0) is 20.1. The number of ether oxygens (including phenoxy) is 3. The minimum atomic E-state index is -3.75. The second kappa shape index (κ2) is 8.72. The molecule has 7 nitrogen and oxygen atoms in total. The van der Waals surface area contributed by atoms with Gasteiger partial charge in [-0.15, -0.1) is 0 Å². The van der Waals surface area contributed by atoms with Crippen molar-refractivity contribution in [3.63, 3.8) is 0 Å². The summed E-state index contributed by atoms with van der Waals surface area (Å²) in [4.78, 5) is 12.3. The van der Waals surface area contributed by atoms with Gasteiger partial charge in [0.2, 0.25) is 10.0 Å². The average Bonchev–Trinajstić information content (AvgIpc) is 2.70. The lowest BCUT2D eigenvalue weighted by Crippen LogP contribution is -2.40. The van der Waals surface area contributed by atoms with Gasteiger partial charge < -0.3 is 14.2 Å². The molecule has 150 valence electrons. The molecule has 0 amide bonds. The molecule has 8 heteroatoms. The highest BCUT2D eigenvalue weighted by Crippen LogP contribution is 2.28. The van der Waals surface area contributed by atoms with E-state index in [1.165, 1.54) is 17.5 Å². The van der Waals surface area contributed by atoms with Crippen molar-refractivity contribution in [1.82, 2.24) is 4.31 Å². The highest BCUT2D eigenvalue weighted by Gasteiger charge is 2.29. The van der Waals surface area contributed by atoms with Crippen LogP contribution >= 0.6 is 0 Å². The number of methoxy groups -OCH3 is 1. The van der Waals surface area contributed by atoms with Crippen LogP contribution in [0.5, 0.6) is 11.5 Å². The summed E-state index contributed by atoms with van der Waals surface area (Å²) in [6.45, 7) is 3.21. The third-order valence-electron chi connectivity index (χ3n) is 4.42. The first-order valence-electron chi connectivity index (χ1n) is 8.92. The van der Waals surface area contributed by atoms with Crippen LogP contribution in [-0.2, 0) is 26.0 Å². The molecule has 0 atom stereocenters. The van der Waals surface area contributed by atoms with Crippen molar-refractivity contribution >= 4 is 16.0 Å². The number of hydrogen-bond acceptors (Lipinski definition) is 6. The highest BCUT2D eigenvalue weighted by molar-refractivity contribution is 7.89. The van der Waals surface area contributed by atoms with E-state index in [0.717, 1.165) is 5.56 Å². The Bertz CT molecular complexity index is 934. The van der Waals surface area contributed by atoms with Gasteiger partial charge in [0.15, 0.2) is 0 Å². The maximum absolute atomic E-state index is 13.0. The Hall–Kier alpha value is -2.42. The van der Waals surface area contributed by atoms with Gasteiger partial charge in [0.05, 0.1) is 26.7 Å². The first-order chi connectivity index (χ1) is 13.4. The van der Waals surface area contributed by atoms with Gasteiger partial charge in [-0.05, 0) is 36.8 Å². The zero-order valence-corrected chi connectivity index (χ0v) is 16.7. The number of nitrogens with zero attached hydrogens (tertiary/aromatic N) is 1. The number of sulfonamides is 1. The molecular formula is C20H23NO6S. The van der Waals surface area contributed by atoms with E-state index in [1.54, 1.807) is 24.3 Å². The Labute approximate surface area is 164 Å². The lowest BCUT2D eigenvalue weighted by molar-refractivity contribution is -0.133. The van der Waals surface area contributed by atoms with Crippen LogP contribution in [0.15, 0.2) is 47.4 Å². The van der Waals surface area contributed by atoms with E-state index >= 15 is 0 Å². The van der Waals surface area contributed by atoms with Crippen LogP contribution in [0.25, 0.3) is 0 Å². The van der Waals surface area contributed by atoms with Crippen molar-refractivity contribution in [2.45, 2.75) is 18.2 Å². The van der Waals surface area contributed by atoms with Gasteiger partial charge in [-0.2, -0.15) is 4.31 Å². The van der Waals surface area contributed by atoms with Crippen LogP contribution in [0.3, 0.4) is 0 Å². The van der Waals surface area contributed by atoms with E-state index in [1.807, 2.05) is 19.1 Å². The van der Waals surface area contributed by atoms with Crippen molar-refractivity contribution in [1.29, 1.82) is 0 Å². The fourth-order valence-electron chi connectivity index (χ4n) is 2.90. The minimum absolute atomic E-state index is 0.0394. The molecule has 0 radical (unpaired) electrons. The number of rotatable bonds is 6. The Morgan fingerprint density at radius 3 is 2.43 bits per heavy atom. The number of benzene rings is 2. The van der Waals surface area contributed by atoms with Gasteiger partial charge in [0.25, 0.3) is 0 Å². The van der Waals surface area contributed by atoms with E-state index < -0.39 is 16.0 Å². The summed E-state index contributed by atoms with van der Waals surface area (Å²) in [6, 6.07) is 11.8. The molecule has 0 unspecified atom stereocenters. The topological polar surface area (TPSA) is 82.1 Å². The predicted octanol–water partition coefficient (Wildman–Crippen LogP) is 2.17. The molecule has 0 bridgehead atoms. The normalized spacial score (nSPS) is 15.2. The maximum atomic E-state index is 13.0. The Morgan fingerprint density at radius 1 is 1.11 bits per heavy atom. The van der Waals surface area contributed by atoms with Crippen LogP contribution in [0.2, 0.25) is 0 Å². The molecular weight excluding hydrogens is 382 g/mol. The summed E-state index contributed by atoms with van der Waals surface area (Å²) in [5.74, 6) is 0.219. The highest BCUT2D eigenvalue weighted by atomic mass is 32.2. The molecule has 1 aliphatic rings. The fraction of sp³-hybridized carbons (Fsp3) is 0.350. The van der Waals surface area contributed by atoms with Crippen molar-refractivity contribution in [3.05, 3.63) is 53.6 Å². The third kappa shape index (κ3) is 4.70. The number of carbonyl (C=O) groups excluding carboxylic acids is 1. The molecule has 1 heterocycles. The number of morpholine rings is 1. The van der Waals surface area contributed by atoms with Crippen LogP contribution < -0.4 is 9.47 Å². The summed E-state index contributed by atoms with van der Waals surface area (Å²) in [5.41, 5.74) is 1.60. The van der Waals surface area contributed by atoms with Crippen molar-refractivity contribution in [3.8, 4) is 11.5 Å². The fourth-order valence-corrected chi connectivity index (χ4v) is 4.51. The molecule has 1 saturated heterocycles. The Morgan fingerprint density at radius 2 is 1.79 bits per heavy atom. The molecule has 3 rings (SSSR count). The van der Waals surface area contributed by atoms with Crippen LogP contribution in [0.1, 0.15) is 11.1 Å². The van der Waals surface area contributed by atoms with E-state index in [2.05, 4.69) is 0 Å². The molecule has 0 N–H and O–H groups in total. The minimum Gasteiger partial charge on any atom is -0.495 e. The third-order valence-corrected chi connectivity index (χ3v) is 6.34. The molecule has 0 aliphatic carbocycles. The van der Waals surface area contributed by atoms with Gasteiger partial charge in [0.1, 0.15) is 16.4 Å². The van der Waals surface area contributed by atoms with Crippen molar-refractivity contribution < 1.29 is 27.4 Å². The molecule has 1 aliphatic heterocycles. The largest absolute Gasteiger partial charge is 0.495 e. The quantitative estimate of drug-likeness (QED) is 0.541. The standard InChI is InChI=1S/C20H23NO6S/c1-15-3-6-17(7-4-15)27-20(22)14-16-5-8-18(25-2)19(13-16)28(23,24)21-9-11-26-12-10-21/h3-8,13H,9-12,14H2,1-2H3.